The fourth-order valence-electron chi connectivity index (χ4n) is 2.31. The van der Waals surface area contributed by atoms with Crippen LogP contribution < -0.4 is 0 Å². The predicted molar refractivity (Wildman–Crippen MR) is 83.2 cm³/mol. The van der Waals surface area contributed by atoms with Gasteiger partial charge in [-0.05, 0) is 52.8 Å². The molecule has 0 saturated heterocycles. The summed E-state index contributed by atoms with van der Waals surface area (Å²) in [5.74, 6) is -0.833. The summed E-state index contributed by atoms with van der Waals surface area (Å²) in [5.41, 5.74) is 0.638. The first kappa shape index (κ1) is 17.7. The highest BCUT2D eigenvalue weighted by Crippen LogP contribution is 2.12. The number of nitriles is 1. The molecule has 0 aliphatic heterocycles. The van der Waals surface area contributed by atoms with Crippen molar-refractivity contribution in [3.8, 4) is 6.07 Å². The van der Waals surface area contributed by atoms with E-state index in [9.17, 15) is 9.59 Å². The molecular weight excluding hydrogens is 280 g/mol. The molecule has 118 valence electrons. The summed E-state index contributed by atoms with van der Waals surface area (Å²) in [6, 6.07) is 8.23. The molecule has 0 bridgehead atoms. The number of benzene rings is 1. The molecule has 0 aromatic heterocycles. The van der Waals surface area contributed by atoms with Crippen molar-refractivity contribution >= 4 is 11.9 Å². The van der Waals surface area contributed by atoms with Gasteiger partial charge in [-0.3, -0.25) is 4.79 Å². The van der Waals surface area contributed by atoms with E-state index in [0.717, 1.165) is 0 Å². The quantitative estimate of drug-likeness (QED) is 0.784. The Bertz CT molecular complexity index is 580. The second kappa shape index (κ2) is 7.60. The predicted octanol–water partition coefficient (Wildman–Crippen LogP) is 2.75. The number of amides is 1. The van der Waals surface area contributed by atoms with Gasteiger partial charge in [0.2, 0.25) is 0 Å². The van der Waals surface area contributed by atoms with Gasteiger partial charge in [0.25, 0.3) is 5.91 Å². The van der Waals surface area contributed by atoms with Gasteiger partial charge >= 0.3 is 5.97 Å². The molecule has 0 radical (unpaired) electrons. The largest absolute Gasteiger partial charge is 0.449 e. The number of carbonyl (C=O) groups is 2. The fraction of sp³-hybridized carbons (Fsp3) is 0.471. The van der Waals surface area contributed by atoms with Gasteiger partial charge in [0.05, 0.1) is 17.2 Å². The van der Waals surface area contributed by atoms with Crippen molar-refractivity contribution in [2.24, 2.45) is 0 Å². The Hall–Kier alpha value is -2.35. The standard InChI is InChI=1S/C17H22N2O3/c1-11(2)19(12(3)4)16(20)13(5)22-17(21)15-8-6-7-14(9-15)10-18/h6-9,11-13H,1-5H3/t13-/m1/s1. The first-order valence-corrected chi connectivity index (χ1v) is 7.31. The smallest absolute Gasteiger partial charge is 0.338 e. The minimum Gasteiger partial charge on any atom is -0.449 e. The summed E-state index contributed by atoms with van der Waals surface area (Å²) in [7, 11) is 0. The highest BCUT2D eigenvalue weighted by atomic mass is 16.5. The zero-order valence-corrected chi connectivity index (χ0v) is 13.7. The summed E-state index contributed by atoms with van der Waals surface area (Å²) in [6.45, 7) is 9.24. The highest BCUT2D eigenvalue weighted by Gasteiger charge is 2.27. The molecule has 1 rings (SSSR count). The van der Waals surface area contributed by atoms with Crippen LogP contribution >= 0.6 is 0 Å². The maximum absolute atomic E-state index is 12.4. The Kier molecular flexibility index (Phi) is 6.11. The van der Waals surface area contributed by atoms with Gasteiger partial charge in [0, 0.05) is 12.1 Å². The van der Waals surface area contributed by atoms with Crippen LogP contribution in [-0.4, -0.2) is 35.0 Å². The number of ether oxygens (including phenoxy) is 1. The molecule has 1 amide bonds. The van der Waals surface area contributed by atoms with Gasteiger partial charge in [0.15, 0.2) is 6.10 Å². The Morgan fingerprint density at radius 2 is 1.73 bits per heavy atom. The Balaban J connectivity index is 2.83. The maximum Gasteiger partial charge on any atom is 0.338 e. The molecule has 0 aliphatic carbocycles. The number of esters is 1. The second-order valence-corrected chi connectivity index (χ2v) is 5.67. The molecule has 0 saturated carbocycles. The molecule has 1 aromatic rings. The van der Waals surface area contributed by atoms with E-state index in [1.807, 2.05) is 33.8 Å². The van der Waals surface area contributed by atoms with Crippen molar-refractivity contribution in [3.63, 3.8) is 0 Å². The number of carbonyl (C=O) groups excluding carboxylic acids is 2. The van der Waals surface area contributed by atoms with Crippen LogP contribution in [0.5, 0.6) is 0 Å². The molecule has 1 aromatic carbocycles. The first-order chi connectivity index (χ1) is 10.3. The summed E-state index contributed by atoms with van der Waals surface area (Å²) in [4.78, 5) is 26.2. The Morgan fingerprint density at radius 3 is 2.23 bits per heavy atom. The van der Waals surface area contributed by atoms with Crippen LogP contribution in [0.25, 0.3) is 0 Å². The van der Waals surface area contributed by atoms with Crippen LogP contribution in [0.2, 0.25) is 0 Å². The van der Waals surface area contributed by atoms with Crippen LogP contribution in [0.3, 0.4) is 0 Å². The van der Waals surface area contributed by atoms with Crippen molar-refractivity contribution in [2.45, 2.75) is 52.8 Å². The maximum atomic E-state index is 12.4. The molecule has 0 heterocycles. The molecule has 22 heavy (non-hydrogen) atoms. The van der Waals surface area contributed by atoms with Gasteiger partial charge in [-0.25, -0.2) is 4.79 Å². The van der Waals surface area contributed by atoms with E-state index in [4.69, 9.17) is 10.00 Å². The third-order valence-electron chi connectivity index (χ3n) is 3.23. The minimum absolute atomic E-state index is 0.0237. The third-order valence-corrected chi connectivity index (χ3v) is 3.23. The monoisotopic (exact) mass is 302 g/mol. The van der Waals surface area contributed by atoms with E-state index in [-0.39, 0.29) is 23.6 Å². The summed E-state index contributed by atoms with van der Waals surface area (Å²) >= 11 is 0. The lowest BCUT2D eigenvalue weighted by Gasteiger charge is -2.32. The summed E-state index contributed by atoms with van der Waals surface area (Å²) in [5, 5.41) is 8.85. The molecule has 1 atom stereocenters. The van der Waals surface area contributed by atoms with Crippen molar-refractivity contribution in [1.82, 2.24) is 4.90 Å². The van der Waals surface area contributed by atoms with Crippen molar-refractivity contribution in [2.75, 3.05) is 0 Å². The SMILES string of the molecule is CC(C)N(C(=O)[C@@H](C)OC(=O)c1cccc(C#N)c1)C(C)C. The van der Waals surface area contributed by atoms with Crippen LogP contribution in [0.1, 0.15) is 50.5 Å². The molecule has 0 fully saturated rings. The Morgan fingerprint density at radius 1 is 1.14 bits per heavy atom. The molecule has 0 N–H and O–H groups in total. The van der Waals surface area contributed by atoms with E-state index in [2.05, 4.69) is 0 Å². The topological polar surface area (TPSA) is 70.4 Å². The zero-order valence-electron chi connectivity index (χ0n) is 13.7. The third kappa shape index (κ3) is 4.32. The van der Waals surface area contributed by atoms with E-state index in [0.29, 0.717) is 5.56 Å². The van der Waals surface area contributed by atoms with E-state index in [1.54, 1.807) is 30.0 Å². The van der Waals surface area contributed by atoms with Crippen LogP contribution in [0.4, 0.5) is 0 Å². The van der Waals surface area contributed by atoms with Crippen LogP contribution in [0.15, 0.2) is 24.3 Å². The first-order valence-electron chi connectivity index (χ1n) is 7.31. The molecule has 0 unspecified atom stereocenters. The van der Waals surface area contributed by atoms with Gasteiger partial charge in [-0.2, -0.15) is 5.26 Å². The van der Waals surface area contributed by atoms with Crippen molar-refractivity contribution in [3.05, 3.63) is 35.4 Å². The van der Waals surface area contributed by atoms with Gasteiger partial charge in [-0.1, -0.05) is 6.07 Å². The summed E-state index contributed by atoms with van der Waals surface area (Å²) < 4.78 is 5.24. The van der Waals surface area contributed by atoms with E-state index < -0.39 is 12.1 Å². The number of hydrogen-bond donors (Lipinski definition) is 0. The molecule has 5 heteroatoms. The van der Waals surface area contributed by atoms with Gasteiger partial charge < -0.3 is 9.64 Å². The van der Waals surface area contributed by atoms with E-state index >= 15 is 0 Å². The highest BCUT2D eigenvalue weighted by molar-refractivity contribution is 5.92. The number of nitrogens with zero attached hydrogens (tertiary/aromatic N) is 2. The molecule has 0 aliphatic rings. The normalized spacial score (nSPS) is 11.9. The van der Waals surface area contributed by atoms with Gasteiger partial charge in [-0.15, -0.1) is 0 Å². The van der Waals surface area contributed by atoms with E-state index in [1.165, 1.54) is 6.07 Å². The lowest BCUT2D eigenvalue weighted by atomic mass is 10.1. The minimum atomic E-state index is -0.872. The average Bonchev–Trinajstić information content (AvgIpc) is 2.46. The van der Waals surface area contributed by atoms with Gasteiger partial charge in [0.1, 0.15) is 0 Å². The average molecular weight is 302 g/mol. The number of hydrogen-bond acceptors (Lipinski definition) is 4. The van der Waals surface area contributed by atoms with Crippen LogP contribution in [-0.2, 0) is 9.53 Å². The lowest BCUT2D eigenvalue weighted by molar-refractivity contribution is -0.143. The summed E-state index contributed by atoms with van der Waals surface area (Å²) in [6.07, 6.45) is -0.872. The Labute approximate surface area is 131 Å². The van der Waals surface area contributed by atoms with Crippen LogP contribution in [0, 0.1) is 11.3 Å². The fourth-order valence-corrected chi connectivity index (χ4v) is 2.31. The zero-order chi connectivity index (χ0) is 16.9. The van der Waals surface area contributed by atoms with Crippen molar-refractivity contribution in [1.29, 1.82) is 5.26 Å². The van der Waals surface area contributed by atoms with Crippen molar-refractivity contribution < 1.29 is 14.3 Å². The molecule has 0 spiro atoms. The molecule has 5 nitrogen and oxygen atoms in total. The molecular formula is C17H22N2O3. The lowest BCUT2D eigenvalue weighted by Crippen LogP contribution is -2.47. The number of rotatable bonds is 5. The second-order valence-electron chi connectivity index (χ2n) is 5.67.